The third-order valence-corrected chi connectivity index (χ3v) is 3.19. The van der Waals surface area contributed by atoms with Crippen molar-refractivity contribution >= 4 is 0 Å². The summed E-state index contributed by atoms with van der Waals surface area (Å²) >= 11 is 0. The second-order valence-electron chi connectivity index (χ2n) is 5.99. The molecule has 2 nitrogen and oxygen atoms in total. The monoisotopic (exact) mass is 229 g/mol. The molecule has 2 heteroatoms. The maximum absolute atomic E-state index is 9.09. The van der Waals surface area contributed by atoms with Crippen LogP contribution in [-0.4, -0.2) is 23.8 Å². The minimum atomic E-state index is 0.224. The Bertz CT molecular complexity index is 163. The molecule has 0 saturated carbocycles. The maximum Gasteiger partial charge on any atom is 0.0446 e. The summed E-state index contributed by atoms with van der Waals surface area (Å²) < 4.78 is 0. The number of hydrogen-bond acceptors (Lipinski definition) is 2. The van der Waals surface area contributed by atoms with Crippen molar-refractivity contribution in [1.29, 1.82) is 0 Å². The minimum absolute atomic E-state index is 0.224. The van der Waals surface area contributed by atoms with E-state index in [2.05, 4.69) is 39.9 Å². The van der Waals surface area contributed by atoms with Crippen LogP contribution in [-0.2, 0) is 0 Å². The van der Waals surface area contributed by atoms with Gasteiger partial charge in [-0.3, -0.25) is 0 Å². The van der Waals surface area contributed by atoms with E-state index in [1.54, 1.807) is 0 Å². The molecule has 0 aromatic rings. The molecule has 2 unspecified atom stereocenters. The molecule has 0 rings (SSSR count). The molecule has 0 aromatic carbocycles. The van der Waals surface area contributed by atoms with E-state index in [-0.39, 0.29) is 12.0 Å². The second-order valence-corrected chi connectivity index (χ2v) is 5.99. The highest BCUT2D eigenvalue weighted by Gasteiger charge is 2.24. The smallest absolute Gasteiger partial charge is 0.0446 e. The molecular weight excluding hydrogens is 198 g/mol. The van der Waals surface area contributed by atoms with Gasteiger partial charge in [0.2, 0.25) is 0 Å². The molecule has 16 heavy (non-hydrogen) atoms. The van der Waals surface area contributed by atoms with Gasteiger partial charge in [-0.2, -0.15) is 0 Å². The zero-order valence-electron chi connectivity index (χ0n) is 11.8. The van der Waals surface area contributed by atoms with Crippen molar-refractivity contribution in [3.63, 3.8) is 0 Å². The number of unbranched alkanes of at least 4 members (excludes halogenated alkanes) is 2. The highest BCUT2D eigenvalue weighted by Crippen LogP contribution is 2.22. The van der Waals surface area contributed by atoms with E-state index >= 15 is 0 Å². The van der Waals surface area contributed by atoms with Gasteiger partial charge in [0, 0.05) is 18.7 Å². The summed E-state index contributed by atoms with van der Waals surface area (Å²) in [6, 6.07) is 0.969. The summed E-state index contributed by atoms with van der Waals surface area (Å²) in [6.07, 6.45) is 6.01. The Hall–Kier alpha value is -0.0800. The first-order valence-electron chi connectivity index (χ1n) is 6.78. The summed E-state index contributed by atoms with van der Waals surface area (Å²) in [5.74, 6) is 0. The predicted octanol–water partition coefficient (Wildman–Crippen LogP) is 3.34. The van der Waals surface area contributed by atoms with Gasteiger partial charge < -0.3 is 10.4 Å². The van der Waals surface area contributed by atoms with Gasteiger partial charge in [0.15, 0.2) is 0 Å². The van der Waals surface area contributed by atoms with Gasteiger partial charge in [0.05, 0.1) is 0 Å². The highest BCUT2D eigenvalue weighted by molar-refractivity contribution is 4.82. The first-order valence-corrected chi connectivity index (χ1v) is 6.78. The van der Waals surface area contributed by atoms with Crippen molar-refractivity contribution in [3.05, 3.63) is 0 Å². The van der Waals surface area contributed by atoms with Gasteiger partial charge >= 0.3 is 0 Å². The van der Waals surface area contributed by atoms with Crippen molar-refractivity contribution < 1.29 is 5.11 Å². The molecule has 0 saturated heterocycles. The Morgan fingerprint density at radius 2 is 1.75 bits per heavy atom. The summed E-state index contributed by atoms with van der Waals surface area (Å²) in [5, 5.41) is 12.7. The van der Waals surface area contributed by atoms with Crippen molar-refractivity contribution in [2.75, 3.05) is 6.61 Å². The number of hydrogen-bond donors (Lipinski definition) is 2. The van der Waals surface area contributed by atoms with E-state index in [1.165, 1.54) is 25.7 Å². The van der Waals surface area contributed by atoms with Crippen LogP contribution in [0.3, 0.4) is 0 Å². The quantitative estimate of drug-likeness (QED) is 0.626. The topological polar surface area (TPSA) is 32.3 Å². The lowest BCUT2D eigenvalue weighted by molar-refractivity contribution is 0.185. The third-order valence-electron chi connectivity index (χ3n) is 3.19. The van der Waals surface area contributed by atoms with Crippen LogP contribution in [0.4, 0.5) is 0 Å². The molecule has 0 spiro atoms. The number of aliphatic hydroxyl groups is 1. The van der Waals surface area contributed by atoms with Crippen molar-refractivity contribution in [1.82, 2.24) is 5.32 Å². The second kappa shape index (κ2) is 8.08. The van der Waals surface area contributed by atoms with Gasteiger partial charge in [-0.05, 0) is 25.2 Å². The highest BCUT2D eigenvalue weighted by atomic mass is 16.3. The molecule has 0 aliphatic rings. The molecular formula is C14H31NO. The van der Waals surface area contributed by atoms with Crippen LogP contribution in [0.5, 0.6) is 0 Å². The van der Waals surface area contributed by atoms with Crippen LogP contribution < -0.4 is 5.32 Å². The summed E-state index contributed by atoms with van der Waals surface area (Å²) in [4.78, 5) is 0. The molecule has 0 heterocycles. The zero-order chi connectivity index (χ0) is 12.6. The normalized spacial score (nSPS) is 16.1. The Labute approximate surface area is 102 Å². The number of rotatable bonds is 8. The van der Waals surface area contributed by atoms with E-state index in [0.29, 0.717) is 12.1 Å². The van der Waals surface area contributed by atoms with E-state index in [0.717, 1.165) is 6.42 Å². The summed E-state index contributed by atoms with van der Waals surface area (Å²) in [7, 11) is 0. The van der Waals surface area contributed by atoms with Crippen LogP contribution in [0.25, 0.3) is 0 Å². The minimum Gasteiger partial charge on any atom is -0.396 e. The fourth-order valence-electron chi connectivity index (χ4n) is 2.02. The van der Waals surface area contributed by atoms with Gasteiger partial charge in [0.25, 0.3) is 0 Å². The molecule has 0 aliphatic carbocycles. The molecule has 0 aliphatic heterocycles. The lowest BCUT2D eigenvalue weighted by Gasteiger charge is -2.34. The molecule has 0 fully saturated rings. The average molecular weight is 229 g/mol. The molecule has 98 valence electrons. The van der Waals surface area contributed by atoms with Gasteiger partial charge in [-0.1, -0.05) is 47.0 Å². The Morgan fingerprint density at radius 1 is 1.12 bits per heavy atom. The van der Waals surface area contributed by atoms with Crippen molar-refractivity contribution in [3.8, 4) is 0 Å². The van der Waals surface area contributed by atoms with Crippen LogP contribution in [0, 0.1) is 5.41 Å². The SMILES string of the molecule is CCCCCC(C)NC(CCO)C(C)(C)C. The van der Waals surface area contributed by atoms with Crippen LogP contribution >= 0.6 is 0 Å². The van der Waals surface area contributed by atoms with E-state index in [9.17, 15) is 0 Å². The van der Waals surface area contributed by atoms with Crippen LogP contribution in [0.2, 0.25) is 0 Å². The standard InChI is InChI=1S/C14H31NO/c1-6-7-8-9-12(2)15-13(10-11-16)14(3,4)5/h12-13,15-16H,6-11H2,1-5H3. The summed E-state index contributed by atoms with van der Waals surface area (Å²) in [6.45, 7) is 11.5. The molecule has 0 amide bonds. The molecule has 2 N–H and O–H groups in total. The maximum atomic E-state index is 9.09. The molecule has 2 atom stereocenters. The number of aliphatic hydroxyl groups excluding tert-OH is 1. The van der Waals surface area contributed by atoms with E-state index in [1.807, 2.05) is 0 Å². The first-order chi connectivity index (χ1) is 7.41. The van der Waals surface area contributed by atoms with Gasteiger partial charge in [0.1, 0.15) is 0 Å². The van der Waals surface area contributed by atoms with Gasteiger partial charge in [-0.15, -0.1) is 0 Å². The molecule has 0 aromatic heterocycles. The Morgan fingerprint density at radius 3 is 2.19 bits per heavy atom. The fourth-order valence-corrected chi connectivity index (χ4v) is 2.02. The van der Waals surface area contributed by atoms with Crippen LogP contribution in [0.15, 0.2) is 0 Å². The molecule has 0 bridgehead atoms. The number of nitrogens with one attached hydrogen (secondary N) is 1. The van der Waals surface area contributed by atoms with Crippen molar-refractivity contribution in [2.45, 2.75) is 78.8 Å². The predicted molar refractivity (Wildman–Crippen MR) is 71.7 cm³/mol. The lowest BCUT2D eigenvalue weighted by atomic mass is 9.84. The average Bonchev–Trinajstić information content (AvgIpc) is 2.16. The van der Waals surface area contributed by atoms with Gasteiger partial charge in [-0.25, -0.2) is 0 Å². The largest absolute Gasteiger partial charge is 0.396 e. The van der Waals surface area contributed by atoms with E-state index in [4.69, 9.17) is 5.11 Å². The lowest BCUT2D eigenvalue weighted by Crippen LogP contribution is -2.45. The summed E-state index contributed by atoms with van der Waals surface area (Å²) in [5.41, 5.74) is 0.224. The Balaban J connectivity index is 3.98. The fraction of sp³-hybridized carbons (Fsp3) is 1.00. The first kappa shape index (κ1) is 15.9. The van der Waals surface area contributed by atoms with E-state index < -0.39 is 0 Å². The van der Waals surface area contributed by atoms with Crippen molar-refractivity contribution in [2.24, 2.45) is 5.41 Å². The Kier molecular flexibility index (Phi) is 8.04. The zero-order valence-corrected chi connectivity index (χ0v) is 11.8. The third kappa shape index (κ3) is 7.24. The molecule has 0 radical (unpaired) electrons. The van der Waals surface area contributed by atoms with Crippen LogP contribution in [0.1, 0.15) is 66.7 Å².